The maximum absolute atomic E-state index is 12.8. The first-order chi connectivity index (χ1) is 10.7. The van der Waals surface area contributed by atoms with Gasteiger partial charge in [0.05, 0.1) is 0 Å². The average Bonchev–Trinajstić information content (AvgIpc) is 2.54. The number of thioether (sulfide) groups is 1. The summed E-state index contributed by atoms with van der Waals surface area (Å²) >= 11 is 7.03. The Balaban J connectivity index is 1.55. The molecule has 0 saturated carbocycles. The molecule has 2 aromatic carbocycles. The van der Waals surface area contributed by atoms with Gasteiger partial charge in [0, 0.05) is 23.7 Å². The molecule has 0 atom stereocenters. The van der Waals surface area contributed by atoms with Gasteiger partial charge in [-0.2, -0.15) is 0 Å². The van der Waals surface area contributed by atoms with E-state index in [1.54, 1.807) is 23.9 Å². The summed E-state index contributed by atoms with van der Waals surface area (Å²) in [6.07, 6.45) is 0.820. The molecule has 0 fully saturated rings. The first-order valence-corrected chi connectivity index (χ1v) is 8.57. The molecule has 0 amide bonds. The van der Waals surface area contributed by atoms with Crippen molar-refractivity contribution >= 4 is 29.1 Å². The van der Waals surface area contributed by atoms with Crippen LogP contribution in [-0.2, 0) is 6.42 Å². The van der Waals surface area contributed by atoms with E-state index in [0.717, 1.165) is 30.8 Å². The zero-order valence-corrected chi connectivity index (χ0v) is 13.9. The Morgan fingerprint density at radius 1 is 0.955 bits per heavy atom. The van der Waals surface area contributed by atoms with Gasteiger partial charge in [-0.3, -0.25) is 0 Å². The Hall–Kier alpha value is -1.59. The minimum Gasteiger partial charge on any atom is -0.362 e. The molecule has 0 aliphatic carbocycles. The maximum Gasteiger partial charge on any atom is 0.166 e. The molecular formula is C17H19FN2S2. The van der Waals surface area contributed by atoms with Gasteiger partial charge in [0.2, 0.25) is 0 Å². The van der Waals surface area contributed by atoms with Crippen LogP contribution in [0.5, 0.6) is 0 Å². The van der Waals surface area contributed by atoms with Gasteiger partial charge in [0.25, 0.3) is 0 Å². The Morgan fingerprint density at radius 3 is 2.36 bits per heavy atom. The molecule has 0 unspecified atom stereocenters. The Bertz CT molecular complexity index is 573. The predicted molar refractivity (Wildman–Crippen MR) is 95.9 cm³/mol. The van der Waals surface area contributed by atoms with Crippen molar-refractivity contribution in [2.75, 3.05) is 18.8 Å². The SMILES string of the molecule is Fc1ccc(CCNC(=S)NCCSc2ccccc2)cc1. The number of benzene rings is 2. The fourth-order valence-electron chi connectivity index (χ4n) is 1.88. The Kier molecular flexibility index (Phi) is 7.19. The van der Waals surface area contributed by atoms with Gasteiger partial charge in [-0.25, -0.2) is 4.39 Å². The molecule has 0 aliphatic rings. The van der Waals surface area contributed by atoms with E-state index in [2.05, 4.69) is 22.8 Å². The van der Waals surface area contributed by atoms with Crippen molar-refractivity contribution in [3.8, 4) is 0 Å². The quantitative estimate of drug-likeness (QED) is 0.459. The third-order valence-electron chi connectivity index (χ3n) is 3.01. The highest BCUT2D eigenvalue weighted by molar-refractivity contribution is 7.99. The topological polar surface area (TPSA) is 24.1 Å². The minimum absolute atomic E-state index is 0.204. The average molecular weight is 334 g/mol. The molecule has 0 saturated heterocycles. The van der Waals surface area contributed by atoms with Crippen molar-refractivity contribution in [3.63, 3.8) is 0 Å². The molecule has 5 heteroatoms. The maximum atomic E-state index is 12.8. The third-order valence-corrected chi connectivity index (χ3v) is 4.31. The lowest BCUT2D eigenvalue weighted by Crippen LogP contribution is -2.37. The van der Waals surface area contributed by atoms with Crippen LogP contribution in [0.15, 0.2) is 59.5 Å². The number of rotatable bonds is 7. The van der Waals surface area contributed by atoms with Crippen molar-refractivity contribution in [3.05, 3.63) is 66.0 Å². The summed E-state index contributed by atoms with van der Waals surface area (Å²) in [5.41, 5.74) is 1.09. The predicted octanol–water partition coefficient (Wildman–Crippen LogP) is 3.62. The van der Waals surface area contributed by atoms with Crippen LogP contribution < -0.4 is 10.6 Å². The fraction of sp³-hybridized carbons (Fsp3) is 0.235. The number of nitrogens with one attached hydrogen (secondary N) is 2. The van der Waals surface area contributed by atoms with Gasteiger partial charge in [-0.05, 0) is 48.5 Å². The normalized spacial score (nSPS) is 10.2. The van der Waals surface area contributed by atoms with E-state index in [-0.39, 0.29) is 5.82 Å². The number of hydrogen-bond acceptors (Lipinski definition) is 2. The van der Waals surface area contributed by atoms with Crippen LogP contribution in [-0.4, -0.2) is 24.0 Å². The van der Waals surface area contributed by atoms with Gasteiger partial charge in [0.1, 0.15) is 5.82 Å². The summed E-state index contributed by atoms with van der Waals surface area (Å²) in [5, 5.41) is 7.01. The Labute approximate surface area is 140 Å². The summed E-state index contributed by atoms with van der Waals surface area (Å²) in [4.78, 5) is 1.26. The summed E-state index contributed by atoms with van der Waals surface area (Å²) < 4.78 is 12.8. The largest absolute Gasteiger partial charge is 0.362 e. The highest BCUT2D eigenvalue weighted by Crippen LogP contribution is 2.15. The van der Waals surface area contributed by atoms with Gasteiger partial charge in [-0.1, -0.05) is 30.3 Å². The van der Waals surface area contributed by atoms with Crippen LogP contribution in [0.3, 0.4) is 0 Å². The lowest BCUT2D eigenvalue weighted by Gasteiger charge is -2.10. The highest BCUT2D eigenvalue weighted by atomic mass is 32.2. The monoisotopic (exact) mass is 334 g/mol. The van der Waals surface area contributed by atoms with Crippen LogP contribution in [0.2, 0.25) is 0 Å². The molecule has 2 rings (SSSR count). The smallest absolute Gasteiger partial charge is 0.166 e. The van der Waals surface area contributed by atoms with E-state index >= 15 is 0 Å². The summed E-state index contributed by atoms with van der Waals surface area (Å²) in [6.45, 7) is 1.56. The lowest BCUT2D eigenvalue weighted by molar-refractivity contribution is 0.627. The zero-order valence-electron chi connectivity index (χ0n) is 12.2. The second-order valence-corrected chi connectivity index (χ2v) is 6.30. The summed E-state index contributed by atoms with van der Waals surface area (Å²) in [7, 11) is 0. The van der Waals surface area contributed by atoms with E-state index in [9.17, 15) is 4.39 Å². The molecule has 0 aliphatic heterocycles. The first kappa shape index (κ1) is 16.8. The van der Waals surface area contributed by atoms with Gasteiger partial charge in [0.15, 0.2) is 5.11 Å². The molecule has 2 nitrogen and oxygen atoms in total. The van der Waals surface area contributed by atoms with E-state index in [1.165, 1.54) is 17.0 Å². The van der Waals surface area contributed by atoms with Gasteiger partial charge >= 0.3 is 0 Å². The van der Waals surface area contributed by atoms with Crippen LogP contribution in [0.25, 0.3) is 0 Å². The molecule has 2 N–H and O–H groups in total. The lowest BCUT2D eigenvalue weighted by atomic mass is 10.1. The van der Waals surface area contributed by atoms with Gasteiger partial charge in [-0.15, -0.1) is 11.8 Å². The van der Waals surface area contributed by atoms with Crippen molar-refractivity contribution in [2.45, 2.75) is 11.3 Å². The second kappa shape index (κ2) is 9.43. The van der Waals surface area contributed by atoms with Crippen LogP contribution in [0.4, 0.5) is 4.39 Å². The third kappa shape index (κ3) is 6.45. The van der Waals surface area contributed by atoms with Crippen molar-refractivity contribution in [2.24, 2.45) is 0 Å². The minimum atomic E-state index is -0.204. The standard InChI is InChI=1S/C17H19FN2S2/c18-15-8-6-14(7-9-15)10-11-19-17(21)20-12-13-22-16-4-2-1-3-5-16/h1-9H,10-13H2,(H2,19,20,21). The van der Waals surface area contributed by atoms with E-state index in [4.69, 9.17) is 12.2 Å². The van der Waals surface area contributed by atoms with Gasteiger partial charge < -0.3 is 10.6 Å². The summed E-state index contributed by atoms with van der Waals surface area (Å²) in [5.74, 6) is 0.758. The molecular weight excluding hydrogens is 315 g/mol. The van der Waals surface area contributed by atoms with Crippen molar-refractivity contribution in [1.82, 2.24) is 10.6 Å². The van der Waals surface area contributed by atoms with Crippen LogP contribution in [0.1, 0.15) is 5.56 Å². The van der Waals surface area contributed by atoms with E-state index < -0.39 is 0 Å². The Morgan fingerprint density at radius 2 is 1.64 bits per heavy atom. The number of hydrogen-bond donors (Lipinski definition) is 2. The van der Waals surface area contributed by atoms with E-state index in [1.807, 2.05) is 18.2 Å². The van der Waals surface area contributed by atoms with Crippen LogP contribution >= 0.6 is 24.0 Å². The molecule has 0 spiro atoms. The second-order valence-electron chi connectivity index (χ2n) is 4.72. The number of thiocarbonyl (C=S) groups is 1. The fourth-order valence-corrected chi connectivity index (χ4v) is 2.88. The summed E-state index contributed by atoms with van der Waals surface area (Å²) in [6, 6.07) is 16.8. The molecule has 0 radical (unpaired) electrons. The molecule has 22 heavy (non-hydrogen) atoms. The molecule has 0 aromatic heterocycles. The zero-order chi connectivity index (χ0) is 15.6. The highest BCUT2D eigenvalue weighted by Gasteiger charge is 1.98. The van der Waals surface area contributed by atoms with Crippen molar-refractivity contribution < 1.29 is 4.39 Å². The molecule has 116 valence electrons. The molecule has 0 heterocycles. The molecule has 2 aromatic rings. The number of halogens is 1. The molecule has 0 bridgehead atoms. The van der Waals surface area contributed by atoms with E-state index in [0.29, 0.717) is 5.11 Å². The first-order valence-electron chi connectivity index (χ1n) is 7.18. The van der Waals surface area contributed by atoms with Crippen LogP contribution in [0, 0.1) is 5.82 Å². The van der Waals surface area contributed by atoms with Crippen molar-refractivity contribution in [1.29, 1.82) is 0 Å².